The summed E-state index contributed by atoms with van der Waals surface area (Å²) in [7, 11) is 0. The smallest absolute Gasteiger partial charge is 0.267 e. The van der Waals surface area contributed by atoms with Crippen molar-refractivity contribution >= 4 is 34.5 Å². The number of rotatable bonds is 4. The second kappa shape index (κ2) is 7.15. The van der Waals surface area contributed by atoms with Gasteiger partial charge in [-0.15, -0.1) is 16.4 Å². The van der Waals surface area contributed by atoms with Crippen molar-refractivity contribution in [1.29, 1.82) is 0 Å². The quantitative estimate of drug-likeness (QED) is 0.549. The number of carbonyl (C=O) groups excluding carboxylic acids is 1. The maximum atomic E-state index is 12.6. The molecule has 0 atom stereocenters. The van der Waals surface area contributed by atoms with Crippen LogP contribution in [0.2, 0.25) is 0 Å². The lowest BCUT2D eigenvalue weighted by Crippen LogP contribution is -2.11. The van der Waals surface area contributed by atoms with E-state index in [2.05, 4.69) is 19.9 Å². The summed E-state index contributed by atoms with van der Waals surface area (Å²) in [6.07, 6.45) is 0. The molecule has 0 bridgehead atoms. The van der Waals surface area contributed by atoms with Crippen molar-refractivity contribution in [3.05, 3.63) is 70.5 Å². The highest BCUT2D eigenvalue weighted by Gasteiger charge is 2.16. The normalized spacial score (nSPS) is 10.7. The van der Waals surface area contributed by atoms with Gasteiger partial charge in [-0.25, -0.2) is 4.98 Å². The molecule has 5 nitrogen and oxygen atoms in total. The monoisotopic (exact) mass is 378 g/mol. The van der Waals surface area contributed by atoms with E-state index < -0.39 is 0 Å². The third-order valence-electron chi connectivity index (χ3n) is 3.82. The molecule has 4 rings (SSSR count). The van der Waals surface area contributed by atoms with Crippen LogP contribution in [0.5, 0.6) is 0 Å². The maximum absolute atomic E-state index is 12.6. The summed E-state index contributed by atoms with van der Waals surface area (Å²) < 4.78 is 3.86. The Bertz CT molecular complexity index is 1030. The van der Waals surface area contributed by atoms with Crippen LogP contribution in [0.1, 0.15) is 15.4 Å². The van der Waals surface area contributed by atoms with E-state index in [0.717, 1.165) is 33.2 Å². The van der Waals surface area contributed by atoms with Crippen LogP contribution in [-0.2, 0) is 0 Å². The van der Waals surface area contributed by atoms with E-state index in [-0.39, 0.29) is 5.91 Å². The minimum absolute atomic E-state index is 0.148. The van der Waals surface area contributed by atoms with E-state index in [1.807, 2.05) is 66.9 Å². The van der Waals surface area contributed by atoms with Crippen LogP contribution in [0.15, 0.2) is 60.0 Å². The van der Waals surface area contributed by atoms with Crippen molar-refractivity contribution in [2.45, 2.75) is 6.92 Å². The first kappa shape index (κ1) is 16.6. The van der Waals surface area contributed by atoms with Crippen LogP contribution < -0.4 is 5.32 Å². The van der Waals surface area contributed by atoms with Crippen LogP contribution in [0.3, 0.4) is 0 Å². The van der Waals surface area contributed by atoms with Gasteiger partial charge in [0.1, 0.15) is 15.6 Å². The first-order valence-corrected chi connectivity index (χ1v) is 9.58. The number of amides is 1. The molecule has 2 aromatic heterocycles. The van der Waals surface area contributed by atoms with Gasteiger partial charge in [0.15, 0.2) is 0 Å². The number of hydrogen-bond acceptors (Lipinski definition) is 6. The van der Waals surface area contributed by atoms with Gasteiger partial charge in [0.25, 0.3) is 5.91 Å². The molecule has 0 saturated carbocycles. The van der Waals surface area contributed by atoms with Gasteiger partial charge in [0, 0.05) is 22.2 Å². The van der Waals surface area contributed by atoms with Gasteiger partial charge < -0.3 is 5.32 Å². The molecule has 1 N–H and O–H groups in total. The first-order valence-electron chi connectivity index (χ1n) is 7.92. The minimum Gasteiger partial charge on any atom is -0.321 e. The van der Waals surface area contributed by atoms with Gasteiger partial charge in [0.05, 0.1) is 5.69 Å². The number of anilines is 1. The topological polar surface area (TPSA) is 67.8 Å². The number of hydrogen-bond donors (Lipinski definition) is 1. The highest BCUT2D eigenvalue weighted by molar-refractivity contribution is 7.17. The van der Waals surface area contributed by atoms with E-state index in [1.165, 1.54) is 22.9 Å². The standard InChI is InChI=1S/C19H14N4OS2/c1-12-17(26-19(20-12)14-5-3-2-4-6-14)18(24)21-15-9-7-13(8-10-15)16-11-25-23-22-16/h2-11H,1H3,(H,21,24). The molecule has 0 aliphatic carbocycles. The molecule has 1 amide bonds. The first-order chi connectivity index (χ1) is 12.7. The molecule has 0 aliphatic rings. The highest BCUT2D eigenvalue weighted by Crippen LogP contribution is 2.28. The predicted octanol–water partition coefficient (Wildman–Crippen LogP) is 4.89. The Kier molecular flexibility index (Phi) is 4.55. The van der Waals surface area contributed by atoms with E-state index >= 15 is 0 Å². The van der Waals surface area contributed by atoms with E-state index in [0.29, 0.717) is 4.88 Å². The van der Waals surface area contributed by atoms with Gasteiger partial charge in [-0.1, -0.05) is 47.0 Å². The fraction of sp³-hybridized carbons (Fsp3) is 0.0526. The number of benzene rings is 2. The Hall–Kier alpha value is -2.90. The van der Waals surface area contributed by atoms with Crippen LogP contribution in [0, 0.1) is 6.92 Å². The lowest BCUT2D eigenvalue weighted by Gasteiger charge is -2.04. The Labute approximate surface area is 158 Å². The number of nitrogens with zero attached hydrogens (tertiary/aromatic N) is 3. The van der Waals surface area contributed by atoms with Crippen LogP contribution in [-0.4, -0.2) is 20.5 Å². The fourth-order valence-electron chi connectivity index (χ4n) is 2.51. The van der Waals surface area contributed by atoms with Crippen molar-refractivity contribution in [2.75, 3.05) is 5.32 Å². The average molecular weight is 378 g/mol. The number of thiazole rings is 1. The third-order valence-corrected chi connectivity index (χ3v) is 5.53. The highest BCUT2D eigenvalue weighted by atomic mass is 32.1. The van der Waals surface area contributed by atoms with Gasteiger partial charge >= 0.3 is 0 Å². The number of nitrogens with one attached hydrogen (secondary N) is 1. The lowest BCUT2D eigenvalue weighted by molar-refractivity contribution is 0.103. The maximum Gasteiger partial charge on any atom is 0.267 e. The third kappa shape index (κ3) is 3.40. The van der Waals surface area contributed by atoms with Gasteiger partial charge in [-0.3, -0.25) is 4.79 Å². The molecule has 0 fully saturated rings. The molecule has 0 unspecified atom stereocenters. The van der Waals surface area contributed by atoms with Gasteiger partial charge in [-0.05, 0) is 30.6 Å². The molecule has 2 heterocycles. The Balaban J connectivity index is 1.52. The second-order valence-corrected chi connectivity index (χ2v) is 7.23. The lowest BCUT2D eigenvalue weighted by atomic mass is 10.1. The summed E-state index contributed by atoms with van der Waals surface area (Å²) in [5, 5.41) is 9.71. The molecular weight excluding hydrogens is 364 g/mol. The summed E-state index contributed by atoms with van der Waals surface area (Å²) in [4.78, 5) is 17.8. The SMILES string of the molecule is Cc1nc(-c2ccccc2)sc1C(=O)Nc1ccc(-c2csnn2)cc1. The van der Waals surface area contributed by atoms with E-state index in [4.69, 9.17) is 0 Å². The molecule has 26 heavy (non-hydrogen) atoms. The summed E-state index contributed by atoms with van der Waals surface area (Å²) in [5.74, 6) is -0.148. The zero-order valence-electron chi connectivity index (χ0n) is 13.8. The molecular formula is C19H14N4OS2. The Morgan fingerprint density at radius 2 is 1.77 bits per heavy atom. The molecule has 2 aromatic carbocycles. The molecule has 4 aromatic rings. The number of aryl methyl sites for hydroxylation is 1. The van der Waals surface area contributed by atoms with Crippen molar-refractivity contribution in [3.63, 3.8) is 0 Å². The summed E-state index contributed by atoms with van der Waals surface area (Å²) in [6, 6.07) is 17.4. The van der Waals surface area contributed by atoms with E-state index in [1.54, 1.807) is 0 Å². The molecule has 128 valence electrons. The molecule has 7 heteroatoms. The average Bonchev–Trinajstić information content (AvgIpc) is 3.33. The molecule has 0 saturated heterocycles. The Morgan fingerprint density at radius 1 is 1.00 bits per heavy atom. The zero-order valence-corrected chi connectivity index (χ0v) is 15.5. The molecule has 0 spiro atoms. The van der Waals surface area contributed by atoms with Crippen LogP contribution in [0.4, 0.5) is 5.69 Å². The van der Waals surface area contributed by atoms with Gasteiger partial charge in [0.2, 0.25) is 0 Å². The van der Waals surface area contributed by atoms with Crippen molar-refractivity contribution in [1.82, 2.24) is 14.6 Å². The second-order valence-electron chi connectivity index (χ2n) is 5.62. The largest absolute Gasteiger partial charge is 0.321 e. The molecule has 0 radical (unpaired) electrons. The zero-order chi connectivity index (χ0) is 17.9. The number of aromatic nitrogens is 3. The fourth-order valence-corrected chi connectivity index (χ4v) is 3.95. The predicted molar refractivity (Wildman–Crippen MR) is 106 cm³/mol. The summed E-state index contributed by atoms with van der Waals surface area (Å²) in [5.41, 5.74) is 4.28. The molecule has 0 aliphatic heterocycles. The van der Waals surface area contributed by atoms with Crippen molar-refractivity contribution in [3.8, 4) is 21.8 Å². The summed E-state index contributed by atoms with van der Waals surface area (Å²) >= 11 is 2.71. The van der Waals surface area contributed by atoms with E-state index in [9.17, 15) is 4.79 Å². The van der Waals surface area contributed by atoms with Crippen molar-refractivity contribution < 1.29 is 4.79 Å². The van der Waals surface area contributed by atoms with Crippen molar-refractivity contribution in [2.24, 2.45) is 0 Å². The van der Waals surface area contributed by atoms with Crippen LogP contribution in [0.25, 0.3) is 21.8 Å². The summed E-state index contributed by atoms with van der Waals surface area (Å²) in [6.45, 7) is 1.86. The Morgan fingerprint density at radius 3 is 2.46 bits per heavy atom. The minimum atomic E-state index is -0.148. The van der Waals surface area contributed by atoms with Gasteiger partial charge in [-0.2, -0.15) is 0 Å². The van der Waals surface area contributed by atoms with Crippen LogP contribution >= 0.6 is 22.9 Å². The number of carbonyl (C=O) groups is 1.